The van der Waals surface area contributed by atoms with Crippen molar-refractivity contribution in [1.82, 2.24) is 15.1 Å². The van der Waals surface area contributed by atoms with Gasteiger partial charge in [0.05, 0.1) is 28.1 Å². The predicted octanol–water partition coefficient (Wildman–Crippen LogP) is 6.25. The van der Waals surface area contributed by atoms with E-state index < -0.39 is 23.5 Å². The molecule has 4 nitrogen and oxygen atoms in total. The molecule has 0 aliphatic carbocycles. The summed E-state index contributed by atoms with van der Waals surface area (Å²) in [6.07, 6.45) is -6.65. The van der Waals surface area contributed by atoms with Crippen LogP contribution in [0.5, 0.6) is 0 Å². The Hall–Kier alpha value is -2.86. The smallest absolute Gasteiger partial charge is 0.307 e. The summed E-state index contributed by atoms with van der Waals surface area (Å²) in [4.78, 5) is 12.3. The molecule has 0 bridgehead atoms. The van der Waals surface area contributed by atoms with Crippen molar-refractivity contribution in [3.8, 4) is 0 Å². The molecule has 0 saturated carbocycles. The first-order chi connectivity index (χ1) is 14.9. The van der Waals surface area contributed by atoms with Gasteiger partial charge in [-0.15, -0.1) is 0 Å². The van der Waals surface area contributed by atoms with Crippen molar-refractivity contribution >= 4 is 51.2 Å². The lowest BCUT2D eigenvalue weighted by atomic mass is 10.0. The molecule has 4 rings (SSSR count). The summed E-state index contributed by atoms with van der Waals surface area (Å²) in [7, 11) is 0. The van der Waals surface area contributed by atoms with E-state index in [0.717, 1.165) is 17.8 Å². The van der Waals surface area contributed by atoms with Gasteiger partial charge in [0.2, 0.25) is 0 Å². The maximum Gasteiger partial charge on any atom is 0.416 e. The van der Waals surface area contributed by atoms with E-state index in [1.807, 2.05) is 0 Å². The Morgan fingerprint density at radius 2 is 1.81 bits per heavy atom. The van der Waals surface area contributed by atoms with Crippen molar-refractivity contribution in [2.24, 2.45) is 0 Å². The minimum Gasteiger partial charge on any atom is -0.307 e. The van der Waals surface area contributed by atoms with E-state index >= 15 is 0 Å². The van der Waals surface area contributed by atoms with Crippen molar-refractivity contribution in [2.75, 3.05) is 0 Å². The number of thiocarbonyl (C=S) groups is 1. The third kappa shape index (κ3) is 4.65. The molecule has 1 N–H and O–H groups in total. The second-order valence-corrected chi connectivity index (χ2v) is 8.29. The number of hydrogen-bond acceptors (Lipinski definition) is 4. The monoisotopic (exact) mass is 487 g/mol. The average molecular weight is 487 g/mol. The molecule has 1 aliphatic rings. The highest BCUT2D eigenvalue weighted by Crippen LogP contribution is 2.37. The van der Waals surface area contributed by atoms with E-state index in [2.05, 4.69) is 10.4 Å². The highest BCUT2D eigenvalue weighted by Gasteiger charge is 2.38. The summed E-state index contributed by atoms with van der Waals surface area (Å²) in [5.74, 6) is 0. The van der Waals surface area contributed by atoms with Crippen molar-refractivity contribution in [2.45, 2.75) is 18.9 Å². The number of hydrogen-bond donors (Lipinski definition) is 1. The van der Waals surface area contributed by atoms with Crippen molar-refractivity contribution in [3.63, 3.8) is 0 Å². The van der Waals surface area contributed by atoms with Crippen LogP contribution in [0.1, 0.15) is 22.3 Å². The number of amides is 1. The third-order valence-corrected chi connectivity index (χ3v) is 5.87. The van der Waals surface area contributed by atoms with Gasteiger partial charge < -0.3 is 5.32 Å². The number of aromatic nitrogens is 2. The zero-order valence-corrected chi connectivity index (χ0v) is 17.3. The normalized spacial score (nSPS) is 16.2. The number of fused-ring (bicyclic) bond motifs is 1. The highest BCUT2D eigenvalue weighted by molar-refractivity contribution is 8.19. The molecule has 3 aromatic rings. The van der Waals surface area contributed by atoms with Crippen LogP contribution in [0.3, 0.4) is 0 Å². The number of thioether (sulfide) groups is 1. The standard InChI is InChI=1S/C20H11F6N3OS2/c21-19(22,23)13-3-2-11(14(7-13)20(24,25)26)8-29-9-12-5-10(1-4-15(12)28-29)6-16-17(31)27-18(30)32-16/h1-7,9H,8H2,(H,27,30,31)/b16-6-. The van der Waals surface area contributed by atoms with Crippen LogP contribution in [0, 0.1) is 0 Å². The molecule has 1 saturated heterocycles. The van der Waals surface area contributed by atoms with Crippen molar-refractivity contribution < 1.29 is 31.1 Å². The number of alkyl halides is 6. The Kier molecular flexibility index (Phi) is 5.53. The minimum absolute atomic E-state index is 0.111. The number of carbonyl (C=O) groups is 1. The lowest BCUT2D eigenvalue weighted by molar-refractivity contribution is -0.143. The largest absolute Gasteiger partial charge is 0.416 e. The zero-order chi connectivity index (χ0) is 23.3. The minimum atomic E-state index is -4.95. The van der Waals surface area contributed by atoms with Crippen LogP contribution in [0.2, 0.25) is 0 Å². The van der Waals surface area contributed by atoms with E-state index in [9.17, 15) is 31.1 Å². The number of nitrogens with one attached hydrogen (secondary N) is 1. The molecule has 2 aromatic carbocycles. The van der Waals surface area contributed by atoms with Crippen LogP contribution >= 0.6 is 24.0 Å². The number of halogens is 6. The Balaban J connectivity index is 1.66. The van der Waals surface area contributed by atoms with Gasteiger partial charge in [-0.05, 0) is 53.2 Å². The van der Waals surface area contributed by atoms with Crippen LogP contribution < -0.4 is 5.32 Å². The van der Waals surface area contributed by atoms with Crippen LogP contribution in [-0.4, -0.2) is 20.0 Å². The fourth-order valence-electron chi connectivity index (χ4n) is 3.17. The lowest BCUT2D eigenvalue weighted by Gasteiger charge is -2.16. The molecule has 32 heavy (non-hydrogen) atoms. The molecule has 1 aromatic heterocycles. The van der Waals surface area contributed by atoms with Crippen LogP contribution in [0.15, 0.2) is 47.5 Å². The molecular formula is C20H11F6N3OS2. The van der Waals surface area contributed by atoms with Gasteiger partial charge in [0.1, 0.15) is 4.99 Å². The first kappa shape index (κ1) is 22.3. The molecule has 166 valence electrons. The summed E-state index contributed by atoms with van der Waals surface area (Å²) in [6.45, 7) is -0.365. The molecule has 1 fully saturated rings. The highest BCUT2D eigenvalue weighted by atomic mass is 32.2. The van der Waals surface area contributed by atoms with Gasteiger partial charge in [0, 0.05) is 11.6 Å². The quantitative estimate of drug-likeness (QED) is 0.270. The molecule has 0 spiro atoms. The number of rotatable bonds is 3. The number of nitrogens with zero attached hydrogens (tertiary/aromatic N) is 2. The molecule has 2 heterocycles. The Morgan fingerprint density at radius 1 is 1.06 bits per heavy atom. The third-order valence-electron chi connectivity index (χ3n) is 4.59. The van der Waals surface area contributed by atoms with Crippen LogP contribution in [0.25, 0.3) is 17.0 Å². The summed E-state index contributed by atoms with van der Waals surface area (Å²) in [5, 5.41) is 7.03. The molecule has 1 amide bonds. The zero-order valence-electron chi connectivity index (χ0n) is 15.7. The lowest BCUT2D eigenvalue weighted by Crippen LogP contribution is -2.15. The molecule has 0 atom stereocenters. The van der Waals surface area contributed by atoms with E-state index in [4.69, 9.17) is 12.2 Å². The number of benzene rings is 2. The van der Waals surface area contributed by atoms with Crippen LogP contribution in [-0.2, 0) is 18.9 Å². The maximum absolute atomic E-state index is 13.4. The molecule has 1 aliphatic heterocycles. The topological polar surface area (TPSA) is 46.9 Å². The van der Waals surface area contributed by atoms with Gasteiger partial charge in [-0.2, -0.15) is 31.4 Å². The maximum atomic E-state index is 13.4. The van der Waals surface area contributed by atoms with E-state index in [-0.39, 0.29) is 23.4 Å². The van der Waals surface area contributed by atoms with Gasteiger partial charge in [-0.25, -0.2) is 0 Å². The first-order valence-corrected chi connectivity index (χ1v) is 10.1. The Bertz CT molecular complexity index is 1280. The Labute approximate surface area is 186 Å². The molecule has 0 radical (unpaired) electrons. The SMILES string of the molecule is O=C1NC(=S)/C(=C/c2ccc3nn(Cc4ccc(C(F)(F)F)cc4C(F)(F)F)cc3c2)S1. The number of carbonyl (C=O) groups excluding carboxylic acids is 1. The van der Waals surface area contributed by atoms with Gasteiger partial charge >= 0.3 is 12.4 Å². The van der Waals surface area contributed by atoms with Gasteiger partial charge in [-0.1, -0.05) is 24.4 Å². The van der Waals surface area contributed by atoms with E-state index in [1.165, 1.54) is 10.9 Å². The fraction of sp³-hybridized carbons (Fsp3) is 0.150. The summed E-state index contributed by atoms with van der Waals surface area (Å²) >= 11 is 6.01. The van der Waals surface area contributed by atoms with Crippen molar-refractivity contribution in [3.05, 3.63) is 69.8 Å². The Morgan fingerprint density at radius 3 is 2.44 bits per heavy atom. The fourth-order valence-corrected chi connectivity index (χ4v) is 4.20. The van der Waals surface area contributed by atoms with E-state index in [1.54, 1.807) is 24.3 Å². The molecule has 12 heteroatoms. The molecular weight excluding hydrogens is 476 g/mol. The predicted molar refractivity (Wildman–Crippen MR) is 112 cm³/mol. The van der Waals surface area contributed by atoms with Crippen LogP contribution in [0.4, 0.5) is 31.1 Å². The molecule has 0 unspecified atom stereocenters. The summed E-state index contributed by atoms with van der Waals surface area (Å²) in [6, 6.07) is 6.62. The van der Waals surface area contributed by atoms with Crippen molar-refractivity contribution in [1.29, 1.82) is 0 Å². The van der Waals surface area contributed by atoms with E-state index in [0.29, 0.717) is 32.4 Å². The second-order valence-electron chi connectivity index (χ2n) is 6.86. The average Bonchev–Trinajstić information content (AvgIpc) is 3.21. The van der Waals surface area contributed by atoms with Gasteiger partial charge in [-0.3, -0.25) is 9.48 Å². The van der Waals surface area contributed by atoms with Gasteiger partial charge in [0.25, 0.3) is 5.24 Å². The first-order valence-electron chi connectivity index (χ1n) is 8.89. The summed E-state index contributed by atoms with van der Waals surface area (Å²) < 4.78 is 80.0. The van der Waals surface area contributed by atoms with Gasteiger partial charge in [0.15, 0.2) is 0 Å². The summed E-state index contributed by atoms with van der Waals surface area (Å²) in [5.41, 5.74) is -1.88. The second kappa shape index (κ2) is 7.93.